The quantitative estimate of drug-likeness (QED) is 0.407. The molecule has 0 radical (unpaired) electrons. The molecule has 1 heterocycles. The Morgan fingerprint density at radius 2 is 1.71 bits per heavy atom. The summed E-state index contributed by atoms with van der Waals surface area (Å²) in [6, 6.07) is 16.0. The van der Waals surface area contributed by atoms with Gasteiger partial charge in [-0.1, -0.05) is 48.5 Å². The van der Waals surface area contributed by atoms with Gasteiger partial charge in [-0.3, -0.25) is 4.79 Å². The number of rotatable bonds is 3. The fourth-order valence-electron chi connectivity index (χ4n) is 3.14. The maximum absolute atomic E-state index is 12.6. The zero-order chi connectivity index (χ0) is 19.7. The summed E-state index contributed by atoms with van der Waals surface area (Å²) in [5, 5.41) is 2.15. The summed E-state index contributed by atoms with van der Waals surface area (Å²) in [5.41, 5.74) is 1.18. The van der Waals surface area contributed by atoms with Crippen LogP contribution in [0.2, 0.25) is 0 Å². The lowest BCUT2D eigenvalue weighted by Crippen LogP contribution is -2.07. The van der Waals surface area contributed by atoms with Crippen molar-refractivity contribution in [3.8, 4) is 5.75 Å². The van der Waals surface area contributed by atoms with E-state index in [4.69, 9.17) is 4.74 Å². The third-order valence-electron chi connectivity index (χ3n) is 4.60. The highest BCUT2D eigenvalue weighted by Gasteiger charge is 2.30. The van der Waals surface area contributed by atoms with Crippen molar-refractivity contribution in [3.63, 3.8) is 0 Å². The predicted octanol–water partition coefficient (Wildman–Crippen LogP) is 6.07. The highest BCUT2D eigenvalue weighted by molar-refractivity contribution is 6.05. The van der Waals surface area contributed by atoms with Crippen LogP contribution in [0.4, 0.5) is 13.2 Å². The van der Waals surface area contributed by atoms with E-state index in [1.807, 2.05) is 42.5 Å². The van der Waals surface area contributed by atoms with E-state index >= 15 is 0 Å². The Kier molecular flexibility index (Phi) is 4.51. The fourth-order valence-corrected chi connectivity index (χ4v) is 3.14. The molecule has 0 unspecified atom stereocenters. The van der Waals surface area contributed by atoms with Crippen molar-refractivity contribution >= 4 is 22.6 Å². The van der Waals surface area contributed by atoms with Crippen LogP contribution in [0.5, 0.6) is 5.75 Å². The molecule has 0 atom stereocenters. The highest BCUT2D eigenvalue weighted by atomic mass is 19.4. The average Bonchev–Trinajstić information content (AvgIpc) is 2.71. The Morgan fingerprint density at radius 3 is 2.46 bits per heavy atom. The van der Waals surface area contributed by atoms with Crippen molar-refractivity contribution in [3.05, 3.63) is 95.1 Å². The van der Waals surface area contributed by atoms with E-state index in [9.17, 15) is 18.0 Å². The van der Waals surface area contributed by atoms with Gasteiger partial charge in [0.05, 0.1) is 5.56 Å². The van der Waals surface area contributed by atoms with Gasteiger partial charge in [0.15, 0.2) is 5.78 Å². The number of hydrogen-bond donors (Lipinski definition) is 0. The second kappa shape index (κ2) is 7.00. The molecular weight excluding hydrogens is 365 g/mol. The van der Waals surface area contributed by atoms with E-state index in [1.165, 1.54) is 18.2 Å². The summed E-state index contributed by atoms with van der Waals surface area (Å²) in [7, 11) is 0. The van der Waals surface area contributed by atoms with E-state index in [2.05, 4.69) is 0 Å². The lowest BCUT2D eigenvalue weighted by atomic mass is 9.99. The lowest BCUT2D eigenvalue weighted by Gasteiger charge is -2.18. The molecule has 0 N–H and O–H groups in total. The topological polar surface area (TPSA) is 26.3 Å². The Labute approximate surface area is 159 Å². The van der Waals surface area contributed by atoms with Crippen molar-refractivity contribution in [1.82, 2.24) is 0 Å². The number of hydrogen-bond acceptors (Lipinski definition) is 2. The third-order valence-corrected chi connectivity index (χ3v) is 4.60. The SMILES string of the molecule is O=C(/C=C/C1=Cc2c(ccc3ccccc23)OC1)c1ccc(C(F)(F)F)cc1. The summed E-state index contributed by atoms with van der Waals surface area (Å²) in [4.78, 5) is 12.3. The summed E-state index contributed by atoms with van der Waals surface area (Å²) in [6.07, 6.45) is 0.550. The van der Waals surface area contributed by atoms with Gasteiger partial charge in [-0.25, -0.2) is 0 Å². The number of carbonyl (C=O) groups excluding carboxylic acids is 1. The zero-order valence-corrected chi connectivity index (χ0v) is 14.7. The minimum Gasteiger partial charge on any atom is -0.488 e. The molecular formula is C23H15F3O2. The van der Waals surface area contributed by atoms with Crippen molar-refractivity contribution in [2.45, 2.75) is 6.18 Å². The number of benzene rings is 3. The van der Waals surface area contributed by atoms with Gasteiger partial charge in [0.25, 0.3) is 0 Å². The van der Waals surface area contributed by atoms with Gasteiger partial charge in [-0.2, -0.15) is 13.2 Å². The van der Waals surface area contributed by atoms with Gasteiger partial charge in [-0.05, 0) is 46.7 Å². The maximum atomic E-state index is 12.6. The van der Waals surface area contributed by atoms with E-state index in [-0.39, 0.29) is 11.3 Å². The van der Waals surface area contributed by atoms with Crippen molar-refractivity contribution in [1.29, 1.82) is 0 Å². The second-order valence-electron chi connectivity index (χ2n) is 6.48. The molecule has 0 aliphatic carbocycles. The number of ether oxygens (including phenoxy) is 1. The molecule has 0 saturated carbocycles. The second-order valence-corrected chi connectivity index (χ2v) is 6.48. The van der Waals surface area contributed by atoms with Gasteiger partial charge in [0.1, 0.15) is 12.4 Å². The Hall–Kier alpha value is -3.34. The van der Waals surface area contributed by atoms with Gasteiger partial charge < -0.3 is 4.74 Å². The van der Waals surface area contributed by atoms with Gasteiger partial charge in [0, 0.05) is 11.1 Å². The van der Waals surface area contributed by atoms with Gasteiger partial charge in [0.2, 0.25) is 0 Å². The van der Waals surface area contributed by atoms with Crippen LogP contribution in [0.25, 0.3) is 16.8 Å². The van der Waals surface area contributed by atoms with E-state index in [0.29, 0.717) is 6.61 Å². The maximum Gasteiger partial charge on any atom is 0.416 e. The molecule has 0 spiro atoms. The number of allylic oxidation sites excluding steroid dienone is 1. The summed E-state index contributed by atoms with van der Waals surface area (Å²) >= 11 is 0. The first-order valence-electron chi connectivity index (χ1n) is 8.66. The number of fused-ring (bicyclic) bond motifs is 3. The first kappa shape index (κ1) is 18.0. The Morgan fingerprint density at radius 1 is 0.964 bits per heavy atom. The molecule has 1 aliphatic heterocycles. The first-order valence-corrected chi connectivity index (χ1v) is 8.66. The number of carbonyl (C=O) groups is 1. The average molecular weight is 380 g/mol. The molecule has 1 aliphatic rings. The van der Waals surface area contributed by atoms with Crippen LogP contribution in [-0.4, -0.2) is 12.4 Å². The minimum absolute atomic E-state index is 0.201. The summed E-state index contributed by atoms with van der Waals surface area (Å²) in [6.45, 7) is 0.322. The van der Waals surface area contributed by atoms with Crippen molar-refractivity contribution in [2.75, 3.05) is 6.61 Å². The van der Waals surface area contributed by atoms with Crippen LogP contribution in [0, 0.1) is 0 Å². The molecule has 0 saturated heterocycles. The van der Waals surface area contributed by atoms with E-state index < -0.39 is 11.7 Å². The van der Waals surface area contributed by atoms with Crippen LogP contribution in [0.1, 0.15) is 21.5 Å². The molecule has 0 fully saturated rings. The normalized spacial score (nSPS) is 13.9. The van der Waals surface area contributed by atoms with Gasteiger partial charge in [-0.15, -0.1) is 0 Å². The molecule has 4 rings (SSSR count). The fraction of sp³-hybridized carbons (Fsp3) is 0.0870. The van der Waals surface area contributed by atoms with Gasteiger partial charge >= 0.3 is 6.18 Å². The largest absolute Gasteiger partial charge is 0.488 e. The Balaban J connectivity index is 1.58. The molecule has 140 valence electrons. The summed E-state index contributed by atoms with van der Waals surface area (Å²) < 4.78 is 43.7. The zero-order valence-electron chi connectivity index (χ0n) is 14.7. The third kappa shape index (κ3) is 3.56. The van der Waals surface area contributed by atoms with Crippen molar-refractivity contribution < 1.29 is 22.7 Å². The van der Waals surface area contributed by atoms with E-state index in [0.717, 1.165) is 39.8 Å². The van der Waals surface area contributed by atoms with Crippen LogP contribution in [-0.2, 0) is 6.18 Å². The monoisotopic (exact) mass is 380 g/mol. The van der Waals surface area contributed by atoms with Crippen LogP contribution >= 0.6 is 0 Å². The van der Waals surface area contributed by atoms with Crippen LogP contribution in [0.15, 0.2) is 78.4 Å². The number of ketones is 1. The van der Waals surface area contributed by atoms with Crippen molar-refractivity contribution in [2.24, 2.45) is 0 Å². The Bertz CT molecular complexity index is 1110. The highest BCUT2D eigenvalue weighted by Crippen LogP contribution is 2.33. The molecule has 0 aromatic heterocycles. The molecule has 3 aromatic rings. The number of halogens is 3. The molecule has 0 bridgehead atoms. The smallest absolute Gasteiger partial charge is 0.416 e. The molecule has 0 amide bonds. The van der Waals surface area contributed by atoms with E-state index in [1.54, 1.807) is 6.08 Å². The molecule has 28 heavy (non-hydrogen) atoms. The number of alkyl halides is 3. The lowest BCUT2D eigenvalue weighted by molar-refractivity contribution is -0.137. The van der Waals surface area contributed by atoms with Crippen LogP contribution < -0.4 is 4.74 Å². The van der Waals surface area contributed by atoms with Crippen LogP contribution in [0.3, 0.4) is 0 Å². The summed E-state index contributed by atoms with van der Waals surface area (Å²) in [5.74, 6) is 0.420. The molecule has 3 aromatic carbocycles. The standard InChI is InChI=1S/C23H15F3O2/c24-23(25,26)18-9-6-17(7-10-18)21(27)11-5-15-13-20-19-4-2-1-3-16(19)8-12-22(20)28-14-15/h1-13H,14H2/b11-5+. The first-order chi connectivity index (χ1) is 13.4. The molecule has 5 heteroatoms. The predicted molar refractivity (Wildman–Crippen MR) is 102 cm³/mol. The molecule has 2 nitrogen and oxygen atoms in total. The minimum atomic E-state index is -4.42.